The molecule has 0 aliphatic heterocycles. The molecule has 0 saturated heterocycles. The van der Waals surface area contributed by atoms with Crippen molar-refractivity contribution >= 4 is 12.0 Å². The highest BCUT2D eigenvalue weighted by Gasteiger charge is 2.15. The topological polar surface area (TPSA) is 98.3 Å². The number of phenolic OH excluding ortho intramolecular Hbond substituents is 1. The molecule has 0 aliphatic carbocycles. The maximum Gasteiger partial charge on any atom is 0.270 e. The fourth-order valence-corrected chi connectivity index (χ4v) is 2.68. The van der Waals surface area contributed by atoms with Crippen LogP contribution in [0.4, 0.5) is 5.69 Å². The van der Waals surface area contributed by atoms with Gasteiger partial charge in [-0.25, -0.2) is 4.98 Å². The van der Waals surface area contributed by atoms with Crippen LogP contribution in [0.5, 0.6) is 5.75 Å². The van der Waals surface area contributed by atoms with E-state index in [9.17, 15) is 20.0 Å². The van der Waals surface area contributed by atoms with Gasteiger partial charge in [0.15, 0.2) is 6.29 Å². The number of aldehydes is 1. The van der Waals surface area contributed by atoms with Gasteiger partial charge in [-0.1, -0.05) is 12.1 Å². The van der Waals surface area contributed by atoms with E-state index in [0.29, 0.717) is 23.8 Å². The van der Waals surface area contributed by atoms with Crippen LogP contribution in [0.1, 0.15) is 21.6 Å². The van der Waals surface area contributed by atoms with Crippen molar-refractivity contribution in [1.82, 2.24) is 9.55 Å². The smallest absolute Gasteiger partial charge is 0.270 e. The van der Waals surface area contributed by atoms with Crippen molar-refractivity contribution in [2.75, 3.05) is 0 Å². The lowest BCUT2D eigenvalue weighted by Gasteiger charge is -2.11. The summed E-state index contributed by atoms with van der Waals surface area (Å²) in [6, 6.07) is 9.29. The minimum atomic E-state index is -0.499. The van der Waals surface area contributed by atoms with Crippen LogP contribution in [-0.4, -0.2) is 25.9 Å². The number of phenols is 1. The summed E-state index contributed by atoms with van der Waals surface area (Å²) in [5.41, 5.74) is 2.65. The fraction of sp³-hybridized carbons (Fsp3) is 0.111. The number of rotatable bonds is 5. The second-order valence-electron chi connectivity index (χ2n) is 5.68. The molecule has 0 unspecified atom stereocenters. The first kappa shape index (κ1) is 16.4. The third kappa shape index (κ3) is 3.25. The summed E-state index contributed by atoms with van der Waals surface area (Å²) in [6.07, 6.45) is 4.49. The zero-order valence-corrected chi connectivity index (χ0v) is 13.4. The Balaban J connectivity index is 2.11. The van der Waals surface area contributed by atoms with E-state index in [4.69, 9.17) is 0 Å². The van der Waals surface area contributed by atoms with Crippen LogP contribution < -0.4 is 0 Å². The number of nitrogens with zero attached hydrogens (tertiary/aromatic N) is 3. The minimum Gasteiger partial charge on any atom is -0.507 e. The third-order valence-electron chi connectivity index (χ3n) is 4.00. The molecule has 0 amide bonds. The van der Waals surface area contributed by atoms with Gasteiger partial charge in [-0.3, -0.25) is 14.9 Å². The molecule has 0 aliphatic rings. The molecule has 1 N–H and O–H groups in total. The average Bonchev–Trinajstić information content (AvgIpc) is 3.01. The van der Waals surface area contributed by atoms with Crippen LogP contribution in [0.3, 0.4) is 0 Å². The highest BCUT2D eigenvalue weighted by atomic mass is 16.6. The molecule has 3 aromatic rings. The molecular formula is C18H15N3O4. The molecule has 0 atom stereocenters. The first-order chi connectivity index (χ1) is 12.0. The lowest BCUT2D eigenvalue weighted by Crippen LogP contribution is -1.98. The number of nitro groups is 1. The van der Waals surface area contributed by atoms with Crippen molar-refractivity contribution in [3.63, 3.8) is 0 Å². The predicted octanol–water partition coefficient (Wildman–Crippen LogP) is 3.10. The summed E-state index contributed by atoms with van der Waals surface area (Å²) >= 11 is 0. The second kappa shape index (κ2) is 6.56. The Kier molecular flexibility index (Phi) is 4.30. The Bertz CT molecular complexity index is 963. The summed E-state index contributed by atoms with van der Waals surface area (Å²) in [4.78, 5) is 25.9. The molecule has 7 nitrogen and oxygen atoms in total. The van der Waals surface area contributed by atoms with E-state index in [-0.39, 0.29) is 17.0 Å². The molecular weight excluding hydrogens is 322 g/mol. The Hall–Kier alpha value is -3.48. The monoisotopic (exact) mass is 337 g/mol. The number of benzene rings is 2. The van der Waals surface area contributed by atoms with E-state index < -0.39 is 4.92 Å². The SMILES string of the molecule is Cn1cncc1Cc1cc(C=O)c(O)c(-c2cccc([N+](=O)[O-])c2)c1. The number of imidazole rings is 1. The van der Waals surface area contributed by atoms with Gasteiger partial charge in [0.1, 0.15) is 5.75 Å². The molecule has 0 fully saturated rings. The van der Waals surface area contributed by atoms with E-state index in [1.165, 1.54) is 12.1 Å². The molecule has 0 radical (unpaired) electrons. The van der Waals surface area contributed by atoms with Gasteiger partial charge in [-0.15, -0.1) is 0 Å². The second-order valence-corrected chi connectivity index (χ2v) is 5.68. The van der Waals surface area contributed by atoms with Crippen LogP contribution in [-0.2, 0) is 13.5 Å². The maximum absolute atomic E-state index is 11.3. The number of hydrogen-bond acceptors (Lipinski definition) is 5. The van der Waals surface area contributed by atoms with Gasteiger partial charge in [0, 0.05) is 43.1 Å². The zero-order valence-electron chi connectivity index (χ0n) is 13.4. The van der Waals surface area contributed by atoms with Crippen molar-refractivity contribution in [2.45, 2.75) is 6.42 Å². The molecule has 0 bridgehead atoms. The first-order valence-electron chi connectivity index (χ1n) is 7.50. The van der Waals surface area contributed by atoms with E-state index in [1.807, 2.05) is 11.6 Å². The Labute approximate surface area is 143 Å². The number of aromatic hydroxyl groups is 1. The van der Waals surface area contributed by atoms with Crippen molar-refractivity contribution in [3.8, 4) is 16.9 Å². The Morgan fingerprint density at radius 2 is 2.12 bits per heavy atom. The number of nitro benzene ring substituents is 1. The number of hydrogen-bond donors (Lipinski definition) is 1. The molecule has 7 heteroatoms. The van der Waals surface area contributed by atoms with Crippen LogP contribution >= 0.6 is 0 Å². The fourth-order valence-electron chi connectivity index (χ4n) is 2.68. The Morgan fingerprint density at radius 3 is 2.76 bits per heavy atom. The van der Waals surface area contributed by atoms with Crippen LogP contribution in [0.25, 0.3) is 11.1 Å². The quantitative estimate of drug-likeness (QED) is 0.438. The van der Waals surface area contributed by atoms with Crippen LogP contribution in [0, 0.1) is 10.1 Å². The highest BCUT2D eigenvalue weighted by Crippen LogP contribution is 2.35. The molecule has 0 spiro atoms. The van der Waals surface area contributed by atoms with Gasteiger partial charge < -0.3 is 9.67 Å². The lowest BCUT2D eigenvalue weighted by atomic mass is 9.96. The summed E-state index contributed by atoms with van der Waals surface area (Å²) in [5.74, 6) is -0.191. The third-order valence-corrected chi connectivity index (χ3v) is 4.00. The van der Waals surface area contributed by atoms with Crippen LogP contribution in [0.2, 0.25) is 0 Å². The van der Waals surface area contributed by atoms with Gasteiger partial charge >= 0.3 is 0 Å². The number of non-ortho nitro benzene ring substituents is 1. The van der Waals surface area contributed by atoms with Gasteiger partial charge in [0.2, 0.25) is 0 Å². The number of aromatic nitrogens is 2. The van der Waals surface area contributed by atoms with E-state index in [1.54, 1.807) is 36.8 Å². The van der Waals surface area contributed by atoms with E-state index >= 15 is 0 Å². The lowest BCUT2D eigenvalue weighted by molar-refractivity contribution is -0.384. The minimum absolute atomic E-state index is 0.0819. The number of carbonyl (C=O) groups is 1. The summed E-state index contributed by atoms with van der Waals surface area (Å²) < 4.78 is 1.86. The maximum atomic E-state index is 11.3. The predicted molar refractivity (Wildman–Crippen MR) is 91.6 cm³/mol. The van der Waals surface area contributed by atoms with Crippen molar-refractivity contribution in [2.24, 2.45) is 7.05 Å². The summed E-state index contributed by atoms with van der Waals surface area (Å²) in [6.45, 7) is 0. The van der Waals surface area contributed by atoms with Crippen molar-refractivity contribution in [3.05, 3.63) is 75.9 Å². The standard InChI is InChI=1S/C18H15N3O4/c1-20-11-19-9-16(20)6-12-5-14(10-22)18(23)17(7-12)13-3-2-4-15(8-13)21(24)25/h2-5,7-11,23H,6H2,1H3. The number of carbonyl (C=O) groups excluding carboxylic acids is 1. The van der Waals surface area contributed by atoms with Gasteiger partial charge in [0.25, 0.3) is 5.69 Å². The summed E-state index contributed by atoms with van der Waals surface area (Å²) in [7, 11) is 1.87. The van der Waals surface area contributed by atoms with E-state index in [0.717, 1.165) is 11.3 Å². The molecule has 1 aromatic heterocycles. The van der Waals surface area contributed by atoms with E-state index in [2.05, 4.69) is 4.98 Å². The van der Waals surface area contributed by atoms with Crippen molar-refractivity contribution in [1.29, 1.82) is 0 Å². The largest absolute Gasteiger partial charge is 0.507 e. The normalized spacial score (nSPS) is 10.6. The highest BCUT2D eigenvalue weighted by molar-refractivity contribution is 5.86. The van der Waals surface area contributed by atoms with Crippen molar-refractivity contribution < 1.29 is 14.8 Å². The molecule has 126 valence electrons. The zero-order chi connectivity index (χ0) is 18.0. The first-order valence-corrected chi connectivity index (χ1v) is 7.50. The molecule has 0 saturated carbocycles. The summed E-state index contributed by atoms with van der Waals surface area (Å²) in [5, 5.41) is 21.3. The van der Waals surface area contributed by atoms with Crippen LogP contribution in [0.15, 0.2) is 48.9 Å². The number of aryl methyl sites for hydroxylation is 1. The van der Waals surface area contributed by atoms with Gasteiger partial charge in [0.05, 0.1) is 16.8 Å². The molecule has 2 aromatic carbocycles. The molecule has 1 heterocycles. The van der Waals surface area contributed by atoms with Gasteiger partial charge in [-0.05, 0) is 23.3 Å². The Morgan fingerprint density at radius 1 is 1.32 bits per heavy atom. The average molecular weight is 337 g/mol. The molecule has 25 heavy (non-hydrogen) atoms. The van der Waals surface area contributed by atoms with Gasteiger partial charge in [-0.2, -0.15) is 0 Å². The molecule has 3 rings (SSSR count).